The van der Waals surface area contributed by atoms with Gasteiger partial charge in [-0.1, -0.05) is 12.1 Å². The number of benzene rings is 1. The second-order valence-electron chi connectivity index (χ2n) is 4.91. The smallest absolute Gasteiger partial charge is 0.185 e. The molecule has 0 N–H and O–H groups in total. The summed E-state index contributed by atoms with van der Waals surface area (Å²) in [5.41, 5.74) is 5.02. The maximum atomic E-state index is 4.81. The quantitative estimate of drug-likeness (QED) is 0.832. The molecular formula is C15H18N2S2. The summed E-state index contributed by atoms with van der Waals surface area (Å²) in [6, 6.07) is 6.59. The lowest BCUT2D eigenvalue weighted by atomic mass is 10.1. The molecule has 1 aliphatic heterocycles. The van der Waals surface area contributed by atoms with Crippen molar-refractivity contribution in [3.63, 3.8) is 0 Å². The van der Waals surface area contributed by atoms with Gasteiger partial charge in [-0.3, -0.25) is 0 Å². The molecule has 19 heavy (non-hydrogen) atoms. The van der Waals surface area contributed by atoms with Crippen LogP contribution in [0.4, 0.5) is 5.13 Å². The van der Waals surface area contributed by atoms with Gasteiger partial charge in [0.25, 0.3) is 0 Å². The first-order chi connectivity index (χ1) is 9.24. The molecule has 1 aromatic heterocycles. The van der Waals surface area contributed by atoms with Gasteiger partial charge in [0.05, 0.1) is 5.69 Å². The summed E-state index contributed by atoms with van der Waals surface area (Å²) in [6.07, 6.45) is 0. The van der Waals surface area contributed by atoms with Gasteiger partial charge in [0, 0.05) is 35.5 Å². The van der Waals surface area contributed by atoms with Crippen LogP contribution < -0.4 is 4.90 Å². The number of aryl methyl sites for hydroxylation is 2. The minimum Gasteiger partial charge on any atom is -0.346 e. The maximum absolute atomic E-state index is 4.81. The van der Waals surface area contributed by atoms with Crippen LogP contribution in [0.15, 0.2) is 23.6 Å². The van der Waals surface area contributed by atoms with Gasteiger partial charge in [0.15, 0.2) is 5.13 Å². The zero-order valence-electron chi connectivity index (χ0n) is 11.3. The highest BCUT2D eigenvalue weighted by molar-refractivity contribution is 7.99. The topological polar surface area (TPSA) is 16.1 Å². The first kappa shape index (κ1) is 13.0. The van der Waals surface area contributed by atoms with Crippen LogP contribution in [0.2, 0.25) is 0 Å². The van der Waals surface area contributed by atoms with Crippen LogP contribution in [0.3, 0.4) is 0 Å². The Labute approximate surface area is 122 Å². The van der Waals surface area contributed by atoms with Crippen molar-refractivity contribution < 1.29 is 0 Å². The molecule has 0 aliphatic carbocycles. The minimum atomic E-state index is 1.11. The van der Waals surface area contributed by atoms with Gasteiger partial charge in [0.2, 0.25) is 0 Å². The first-order valence-corrected chi connectivity index (χ1v) is 8.63. The highest BCUT2D eigenvalue weighted by Gasteiger charge is 2.15. The molecule has 1 aliphatic rings. The highest BCUT2D eigenvalue weighted by Crippen LogP contribution is 2.29. The van der Waals surface area contributed by atoms with Crippen molar-refractivity contribution in [1.82, 2.24) is 4.98 Å². The van der Waals surface area contributed by atoms with Crippen molar-refractivity contribution in [1.29, 1.82) is 0 Å². The Kier molecular flexibility index (Phi) is 3.80. The molecular weight excluding hydrogens is 272 g/mol. The summed E-state index contributed by atoms with van der Waals surface area (Å²) in [5, 5.41) is 3.36. The van der Waals surface area contributed by atoms with Gasteiger partial charge in [-0.05, 0) is 31.0 Å². The van der Waals surface area contributed by atoms with E-state index in [-0.39, 0.29) is 0 Å². The fourth-order valence-electron chi connectivity index (χ4n) is 2.20. The molecule has 2 nitrogen and oxygen atoms in total. The molecule has 0 amide bonds. The van der Waals surface area contributed by atoms with Crippen molar-refractivity contribution in [2.45, 2.75) is 13.8 Å². The van der Waals surface area contributed by atoms with E-state index in [0.717, 1.165) is 18.8 Å². The lowest BCUT2D eigenvalue weighted by Crippen LogP contribution is -2.32. The van der Waals surface area contributed by atoms with Gasteiger partial charge < -0.3 is 4.90 Å². The van der Waals surface area contributed by atoms with Crippen molar-refractivity contribution in [2.24, 2.45) is 0 Å². The Bertz CT molecular complexity index is 571. The number of hydrogen-bond donors (Lipinski definition) is 0. The van der Waals surface area contributed by atoms with E-state index < -0.39 is 0 Å². The van der Waals surface area contributed by atoms with Gasteiger partial charge in [-0.15, -0.1) is 11.3 Å². The summed E-state index contributed by atoms with van der Waals surface area (Å²) < 4.78 is 0. The number of anilines is 1. The van der Waals surface area contributed by atoms with Gasteiger partial charge in [-0.2, -0.15) is 11.8 Å². The molecule has 1 fully saturated rings. The lowest BCUT2D eigenvalue weighted by Gasteiger charge is -2.25. The number of rotatable bonds is 2. The lowest BCUT2D eigenvalue weighted by molar-refractivity contribution is 0.853. The third kappa shape index (κ3) is 2.79. The van der Waals surface area contributed by atoms with Crippen molar-refractivity contribution in [2.75, 3.05) is 29.5 Å². The second-order valence-corrected chi connectivity index (χ2v) is 6.98. The zero-order chi connectivity index (χ0) is 13.2. The molecule has 1 aromatic carbocycles. The van der Waals surface area contributed by atoms with Crippen molar-refractivity contribution in [3.8, 4) is 11.3 Å². The SMILES string of the molecule is Cc1ccc(-c2csc(N3CCSCC3)n2)cc1C. The molecule has 0 unspecified atom stereocenters. The molecule has 0 bridgehead atoms. The van der Waals surface area contributed by atoms with Crippen LogP contribution in [-0.4, -0.2) is 29.6 Å². The van der Waals surface area contributed by atoms with E-state index in [1.165, 1.54) is 33.3 Å². The third-order valence-corrected chi connectivity index (χ3v) is 5.42. The third-order valence-electron chi connectivity index (χ3n) is 3.58. The van der Waals surface area contributed by atoms with Crippen LogP contribution in [0.25, 0.3) is 11.3 Å². The monoisotopic (exact) mass is 290 g/mol. The molecule has 0 spiro atoms. The fourth-order valence-corrected chi connectivity index (χ4v) is 3.99. The summed E-state index contributed by atoms with van der Waals surface area (Å²) in [6.45, 7) is 6.57. The predicted molar refractivity (Wildman–Crippen MR) is 86.6 cm³/mol. The second kappa shape index (κ2) is 5.55. The van der Waals surface area contributed by atoms with E-state index >= 15 is 0 Å². The first-order valence-electron chi connectivity index (χ1n) is 6.60. The Balaban J connectivity index is 1.85. The van der Waals surface area contributed by atoms with Gasteiger partial charge in [0.1, 0.15) is 0 Å². The van der Waals surface area contributed by atoms with Crippen LogP contribution in [0.5, 0.6) is 0 Å². The molecule has 4 heteroatoms. The Morgan fingerprint density at radius 2 is 1.89 bits per heavy atom. The number of hydrogen-bond acceptors (Lipinski definition) is 4. The van der Waals surface area contributed by atoms with E-state index in [0.29, 0.717) is 0 Å². The fraction of sp³-hybridized carbons (Fsp3) is 0.400. The van der Waals surface area contributed by atoms with E-state index in [1.807, 2.05) is 11.8 Å². The number of aromatic nitrogens is 1. The minimum absolute atomic E-state index is 1.11. The van der Waals surface area contributed by atoms with Gasteiger partial charge >= 0.3 is 0 Å². The van der Waals surface area contributed by atoms with Crippen LogP contribution in [0, 0.1) is 13.8 Å². The molecule has 2 aromatic rings. The van der Waals surface area contributed by atoms with Crippen LogP contribution in [0.1, 0.15) is 11.1 Å². The average molecular weight is 290 g/mol. The Morgan fingerprint density at radius 3 is 2.63 bits per heavy atom. The average Bonchev–Trinajstić information content (AvgIpc) is 2.93. The summed E-state index contributed by atoms with van der Waals surface area (Å²) in [4.78, 5) is 7.22. The molecule has 0 radical (unpaired) electrons. The number of nitrogens with zero attached hydrogens (tertiary/aromatic N) is 2. The van der Waals surface area contributed by atoms with E-state index in [2.05, 4.69) is 42.3 Å². The number of thiazole rings is 1. The Hall–Kier alpha value is -1.00. The zero-order valence-corrected chi connectivity index (χ0v) is 13.0. The summed E-state index contributed by atoms with van der Waals surface area (Å²) >= 11 is 3.80. The van der Waals surface area contributed by atoms with E-state index in [1.54, 1.807) is 11.3 Å². The summed E-state index contributed by atoms with van der Waals surface area (Å²) in [5.74, 6) is 2.44. The van der Waals surface area contributed by atoms with Crippen molar-refractivity contribution >= 4 is 28.2 Å². The van der Waals surface area contributed by atoms with Crippen LogP contribution >= 0.6 is 23.1 Å². The molecule has 0 saturated carbocycles. The summed E-state index contributed by atoms with van der Waals surface area (Å²) in [7, 11) is 0. The van der Waals surface area contributed by atoms with E-state index in [9.17, 15) is 0 Å². The molecule has 1 saturated heterocycles. The largest absolute Gasteiger partial charge is 0.346 e. The standard InChI is InChI=1S/C15H18N2S2/c1-11-3-4-13(9-12(11)2)14-10-19-15(16-14)17-5-7-18-8-6-17/h3-4,9-10H,5-8H2,1-2H3. The molecule has 2 heterocycles. The van der Waals surface area contributed by atoms with Crippen molar-refractivity contribution in [3.05, 3.63) is 34.7 Å². The highest BCUT2D eigenvalue weighted by atomic mass is 32.2. The molecule has 100 valence electrons. The molecule has 0 atom stereocenters. The predicted octanol–water partition coefficient (Wildman–Crippen LogP) is 3.98. The number of thioether (sulfide) groups is 1. The maximum Gasteiger partial charge on any atom is 0.185 e. The van der Waals surface area contributed by atoms with Gasteiger partial charge in [-0.25, -0.2) is 4.98 Å². The molecule has 3 rings (SSSR count). The van der Waals surface area contributed by atoms with E-state index in [4.69, 9.17) is 4.98 Å². The van der Waals surface area contributed by atoms with Crippen LogP contribution in [-0.2, 0) is 0 Å². The normalized spacial score (nSPS) is 15.8. The Morgan fingerprint density at radius 1 is 1.11 bits per heavy atom.